The lowest BCUT2D eigenvalue weighted by Crippen LogP contribution is -2.39. The Balaban J connectivity index is 2.08. The van der Waals surface area contributed by atoms with E-state index in [9.17, 15) is 4.39 Å². The van der Waals surface area contributed by atoms with Gasteiger partial charge in [-0.05, 0) is 38.0 Å². The largest absolute Gasteiger partial charge is 0.372 e. The molecule has 88 valence electrons. The van der Waals surface area contributed by atoms with Gasteiger partial charge in [-0.1, -0.05) is 12.1 Å². The van der Waals surface area contributed by atoms with Gasteiger partial charge in [0.25, 0.3) is 0 Å². The highest BCUT2D eigenvalue weighted by molar-refractivity contribution is 5.19. The van der Waals surface area contributed by atoms with Gasteiger partial charge in [0.15, 0.2) is 0 Å². The van der Waals surface area contributed by atoms with Crippen LogP contribution in [0.3, 0.4) is 0 Å². The van der Waals surface area contributed by atoms with E-state index in [1.165, 1.54) is 12.1 Å². The van der Waals surface area contributed by atoms with Gasteiger partial charge >= 0.3 is 0 Å². The molecule has 2 rings (SSSR count). The minimum Gasteiger partial charge on any atom is -0.372 e. The van der Waals surface area contributed by atoms with Crippen LogP contribution in [0.1, 0.15) is 31.9 Å². The van der Waals surface area contributed by atoms with Crippen molar-refractivity contribution in [1.82, 2.24) is 5.32 Å². The Hall–Kier alpha value is -0.930. The first-order valence-corrected chi connectivity index (χ1v) is 5.69. The van der Waals surface area contributed by atoms with Gasteiger partial charge in [0.05, 0.1) is 6.10 Å². The number of rotatable bonds is 1. The van der Waals surface area contributed by atoms with Crippen molar-refractivity contribution in [1.29, 1.82) is 0 Å². The number of halogens is 1. The monoisotopic (exact) mass is 223 g/mol. The normalized spacial score (nSPS) is 25.1. The van der Waals surface area contributed by atoms with Crippen molar-refractivity contribution < 1.29 is 9.13 Å². The van der Waals surface area contributed by atoms with E-state index in [1.807, 2.05) is 0 Å². The minimum atomic E-state index is -0.203. The van der Waals surface area contributed by atoms with Crippen molar-refractivity contribution in [2.24, 2.45) is 0 Å². The Bertz CT molecular complexity index is 347. The Morgan fingerprint density at radius 1 is 1.31 bits per heavy atom. The summed E-state index contributed by atoms with van der Waals surface area (Å²) in [5.74, 6) is -0.203. The maximum absolute atomic E-state index is 12.8. The third-order valence-corrected chi connectivity index (χ3v) is 3.05. The van der Waals surface area contributed by atoms with E-state index in [1.54, 1.807) is 12.1 Å². The molecule has 0 amide bonds. The molecule has 1 saturated heterocycles. The standard InChI is InChI=1S/C13H18FNO/c1-13(2)7-8-16-12(9-15-13)10-3-5-11(14)6-4-10/h3-6,12,15H,7-9H2,1-2H3. The fourth-order valence-corrected chi connectivity index (χ4v) is 1.86. The van der Waals surface area contributed by atoms with E-state index in [-0.39, 0.29) is 17.5 Å². The van der Waals surface area contributed by atoms with Gasteiger partial charge in [-0.15, -0.1) is 0 Å². The molecule has 1 heterocycles. The smallest absolute Gasteiger partial charge is 0.123 e. The van der Waals surface area contributed by atoms with E-state index >= 15 is 0 Å². The lowest BCUT2D eigenvalue weighted by Gasteiger charge is -2.23. The Morgan fingerprint density at radius 2 is 2.00 bits per heavy atom. The van der Waals surface area contributed by atoms with E-state index in [4.69, 9.17) is 4.74 Å². The zero-order valence-corrected chi connectivity index (χ0v) is 9.79. The Labute approximate surface area is 95.8 Å². The molecule has 0 radical (unpaired) electrons. The highest BCUT2D eigenvalue weighted by Gasteiger charge is 2.24. The molecule has 1 atom stereocenters. The summed E-state index contributed by atoms with van der Waals surface area (Å²) in [6.07, 6.45) is 1.02. The molecule has 0 saturated carbocycles. The first kappa shape index (κ1) is 11.6. The van der Waals surface area contributed by atoms with Crippen LogP contribution in [0, 0.1) is 5.82 Å². The van der Waals surface area contributed by atoms with E-state index in [0.717, 1.165) is 25.1 Å². The summed E-state index contributed by atoms with van der Waals surface area (Å²) in [6, 6.07) is 6.55. The predicted molar refractivity (Wildman–Crippen MR) is 61.8 cm³/mol. The fourth-order valence-electron chi connectivity index (χ4n) is 1.86. The summed E-state index contributed by atoms with van der Waals surface area (Å²) in [7, 11) is 0. The maximum atomic E-state index is 12.8. The summed E-state index contributed by atoms with van der Waals surface area (Å²) < 4.78 is 18.6. The van der Waals surface area contributed by atoms with Crippen LogP contribution in [0.15, 0.2) is 24.3 Å². The molecular formula is C13H18FNO. The van der Waals surface area contributed by atoms with Crippen LogP contribution < -0.4 is 5.32 Å². The molecule has 1 aliphatic rings. The number of benzene rings is 1. The highest BCUT2D eigenvalue weighted by Crippen LogP contribution is 2.23. The molecular weight excluding hydrogens is 205 g/mol. The number of ether oxygens (including phenoxy) is 1. The summed E-state index contributed by atoms with van der Waals surface area (Å²) in [6.45, 7) is 5.85. The molecule has 0 aromatic heterocycles. The molecule has 1 unspecified atom stereocenters. The van der Waals surface area contributed by atoms with E-state index in [2.05, 4.69) is 19.2 Å². The van der Waals surface area contributed by atoms with Crippen molar-refractivity contribution in [3.05, 3.63) is 35.6 Å². The summed E-state index contributed by atoms with van der Waals surface area (Å²) in [5.41, 5.74) is 1.15. The summed E-state index contributed by atoms with van der Waals surface area (Å²) in [5, 5.41) is 3.47. The zero-order valence-electron chi connectivity index (χ0n) is 9.79. The molecule has 1 N–H and O–H groups in total. The molecule has 1 fully saturated rings. The first-order valence-electron chi connectivity index (χ1n) is 5.69. The molecule has 1 aromatic rings. The quantitative estimate of drug-likeness (QED) is 0.790. The second kappa shape index (κ2) is 4.52. The van der Waals surface area contributed by atoms with Gasteiger partial charge in [0.2, 0.25) is 0 Å². The second-order valence-corrected chi connectivity index (χ2v) is 4.93. The predicted octanol–water partition coefficient (Wildman–Crippen LogP) is 2.66. The number of hydrogen-bond acceptors (Lipinski definition) is 2. The van der Waals surface area contributed by atoms with Crippen molar-refractivity contribution in [3.63, 3.8) is 0 Å². The average molecular weight is 223 g/mol. The lowest BCUT2D eigenvalue weighted by atomic mass is 10.0. The third kappa shape index (κ3) is 2.80. The molecule has 0 aliphatic carbocycles. The van der Waals surface area contributed by atoms with Crippen LogP contribution >= 0.6 is 0 Å². The van der Waals surface area contributed by atoms with E-state index < -0.39 is 0 Å². The van der Waals surface area contributed by atoms with Gasteiger partial charge in [-0.2, -0.15) is 0 Å². The van der Waals surface area contributed by atoms with Gasteiger partial charge < -0.3 is 10.1 Å². The van der Waals surface area contributed by atoms with Crippen LogP contribution in [0.25, 0.3) is 0 Å². The number of hydrogen-bond donors (Lipinski definition) is 1. The summed E-state index contributed by atoms with van der Waals surface area (Å²) in [4.78, 5) is 0. The second-order valence-electron chi connectivity index (χ2n) is 4.93. The number of nitrogens with one attached hydrogen (secondary N) is 1. The van der Waals surface area contributed by atoms with Crippen LogP contribution in [0.5, 0.6) is 0 Å². The maximum Gasteiger partial charge on any atom is 0.123 e. The van der Waals surface area contributed by atoms with Crippen LogP contribution in [0.2, 0.25) is 0 Å². The minimum absolute atomic E-state index is 0.0300. The molecule has 3 heteroatoms. The van der Waals surface area contributed by atoms with Crippen molar-refractivity contribution in [2.75, 3.05) is 13.2 Å². The third-order valence-electron chi connectivity index (χ3n) is 3.05. The SMILES string of the molecule is CC1(C)CCOC(c2ccc(F)cc2)CN1. The molecule has 1 aliphatic heterocycles. The fraction of sp³-hybridized carbons (Fsp3) is 0.538. The molecule has 0 spiro atoms. The molecule has 2 nitrogen and oxygen atoms in total. The van der Waals surface area contributed by atoms with Crippen molar-refractivity contribution >= 4 is 0 Å². The van der Waals surface area contributed by atoms with E-state index in [0.29, 0.717) is 0 Å². The van der Waals surface area contributed by atoms with Crippen molar-refractivity contribution in [2.45, 2.75) is 31.9 Å². The average Bonchev–Trinajstić information content (AvgIpc) is 2.41. The molecule has 0 bridgehead atoms. The summed E-state index contributed by atoms with van der Waals surface area (Å²) >= 11 is 0. The Morgan fingerprint density at radius 3 is 2.69 bits per heavy atom. The van der Waals surface area contributed by atoms with Gasteiger partial charge in [0, 0.05) is 18.7 Å². The Kier molecular flexibility index (Phi) is 3.26. The molecule has 1 aromatic carbocycles. The van der Waals surface area contributed by atoms with Crippen molar-refractivity contribution in [3.8, 4) is 0 Å². The lowest BCUT2D eigenvalue weighted by molar-refractivity contribution is 0.0656. The van der Waals surface area contributed by atoms with Crippen LogP contribution in [0.4, 0.5) is 4.39 Å². The zero-order chi connectivity index (χ0) is 11.6. The van der Waals surface area contributed by atoms with Gasteiger partial charge in [-0.3, -0.25) is 0 Å². The van der Waals surface area contributed by atoms with Gasteiger partial charge in [0.1, 0.15) is 5.82 Å². The van der Waals surface area contributed by atoms with Crippen LogP contribution in [-0.4, -0.2) is 18.7 Å². The highest BCUT2D eigenvalue weighted by atomic mass is 19.1. The topological polar surface area (TPSA) is 21.3 Å². The van der Waals surface area contributed by atoms with Gasteiger partial charge in [-0.25, -0.2) is 4.39 Å². The molecule has 16 heavy (non-hydrogen) atoms. The van der Waals surface area contributed by atoms with Crippen LogP contribution in [-0.2, 0) is 4.74 Å². The first-order chi connectivity index (χ1) is 7.57.